The molecule has 1 heterocycles. The van der Waals surface area contributed by atoms with Gasteiger partial charge in [-0.2, -0.15) is 0 Å². The van der Waals surface area contributed by atoms with E-state index in [0.29, 0.717) is 23.7 Å². The minimum atomic E-state index is -0.479. The van der Waals surface area contributed by atoms with Gasteiger partial charge in [0.1, 0.15) is 5.82 Å². The molecule has 0 saturated carbocycles. The molecular weight excluding hydrogens is 237 g/mol. The van der Waals surface area contributed by atoms with Gasteiger partial charge in [0.25, 0.3) is 0 Å². The Hall–Kier alpha value is -1.33. The lowest BCUT2D eigenvalue weighted by Gasteiger charge is -2.20. The Bertz CT molecular complexity index is 419. The zero-order valence-electron chi connectivity index (χ0n) is 10.6. The van der Waals surface area contributed by atoms with E-state index in [1.54, 1.807) is 6.07 Å². The molecular formula is C13H18FNO3. The third-order valence-electron chi connectivity index (χ3n) is 3.23. The molecule has 2 N–H and O–H groups in total. The fourth-order valence-corrected chi connectivity index (χ4v) is 2.21. The molecule has 18 heavy (non-hydrogen) atoms. The molecule has 0 radical (unpaired) electrons. The summed E-state index contributed by atoms with van der Waals surface area (Å²) in [5.41, 5.74) is 6.46. The molecule has 1 saturated heterocycles. The molecule has 4 nitrogen and oxygen atoms in total. The molecule has 1 aliphatic heterocycles. The first-order chi connectivity index (χ1) is 8.67. The minimum Gasteiger partial charge on any atom is -0.493 e. The number of nitrogens with two attached hydrogens (primary N) is 1. The van der Waals surface area contributed by atoms with Gasteiger partial charge in [0.2, 0.25) is 0 Å². The zero-order valence-corrected chi connectivity index (χ0v) is 10.6. The maximum Gasteiger partial charge on any atom is 0.163 e. The van der Waals surface area contributed by atoms with Crippen LogP contribution in [0, 0.1) is 5.82 Å². The summed E-state index contributed by atoms with van der Waals surface area (Å²) in [5.74, 6) is 0.441. The fraction of sp³-hybridized carbons (Fsp3) is 0.538. The van der Waals surface area contributed by atoms with Crippen LogP contribution in [0.1, 0.15) is 24.4 Å². The van der Waals surface area contributed by atoms with Crippen LogP contribution in [0.25, 0.3) is 0 Å². The van der Waals surface area contributed by atoms with Crippen LogP contribution in [0.3, 0.4) is 0 Å². The highest BCUT2D eigenvalue weighted by molar-refractivity contribution is 5.44. The average molecular weight is 255 g/mol. The molecule has 2 atom stereocenters. The molecule has 1 aliphatic rings. The van der Waals surface area contributed by atoms with Crippen molar-refractivity contribution in [2.24, 2.45) is 5.73 Å². The van der Waals surface area contributed by atoms with E-state index in [2.05, 4.69) is 0 Å². The second-order valence-corrected chi connectivity index (χ2v) is 4.31. The number of methoxy groups -OCH3 is 2. The smallest absolute Gasteiger partial charge is 0.163 e. The first-order valence-corrected chi connectivity index (χ1v) is 5.96. The second-order valence-electron chi connectivity index (χ2n) is 4.31. The number of halogens is 1. The summed E-state index contributed by atoms with van der Waals surface area (Å²) < 4.78 is 29.7. The third kappa shape index (κ3) is 2.42. The third-order valence-corrected chi connectivity index (χ3v) is 3.23. The monoisotopic (exact) mass is 255 g/mol. The van der Waals surface area contributed by atoms with Crippen molar-refractivity contribution in [3.8, 4) is 11.5 Å². The lowest BCUT2D eigenvalue weighted by molar-refractivity contribution is 0.0889. The molecule has 0 bridgehead atoms. The maximum atomic E-state index is 14.0. The normalized spacial score (nSPS) is 20.8. The standard InChI is InChI=1S/C13H18FNO3/c1-16-11-6-8(9(14)7-12(11)17-2)13(15)10-4-3-5-18-10/h6-7,10,13H,3-5,15H2,1-2H3. The Morgan fingerprint density at radius 1 is 1.33 bits per heavy atom. The molecule has 1 aromatic rings. The Morgan fingerprint density at radius 3 is 2.56 bits per heavy atom. The zero-order chi connectivity index (χ0) is 13.1. The highest BCUT2D eigenvalue weighted by Gasteiger charge is 2.27. The van der Waals surface area contributed by atoms with Crippen molar-refractivity contribution in [2.45, 2.75) is 25.0 Å². The molecule has 5 heteroatoms. The van der Waals surface area contributed by atoms with Crippen LogP contribution in [-0.2, 0) is 4.74 Å². The summed E-state index contributed by atoms with van der Waals surface area (Å²) in [5, 5.41) is 0. The van der Waals surface area contributed by atoms with Crippen molar-refractivity contribution >= 4 is 0 Å². The van der Waals surface area contributed by atoms with Gasteiger partial charge in [0.15, 0.2) is 11.5 Å². The number of hydrogen-bond donors (Lipinski definition) is 1. The summed E-state index contributed by atoms with van der Waals surface area (Å²) in [6.45, 7) is 0.688. The topological polar surface area (TPSA) is 53.7 Å². The fourth-order valence-electron chi connectivity index (χ4n) is 2.21. The summed E-state index contributed by atoms with van der Waals surface area (Å²) in [7, 11) is 2.98. The van der Waals surface area contributed by atoms with Crippen molar-refractivity contribution in [1.29, 1.82) is 0 Å². The Morgan fingerprint density at radius 2 is 2.00 bits per heavy atom. The van der Waals surface area contributed by atoms with E-state index in [1.165, 1.54) is 20.3 Å². The van der Waals surface area contributed by atoms with Gasteiger partial charge < -0.3 is 19.9 Å². The first kappa shape index (κ1) is 13.1. The number of rotatable bonds is 4. The Balaban J connectivity index is 2.31. The molecule has 1 fully saturated rings. The quantitative estimate of drug-likeness (QED) is 0.894. The molecule has 0 amide bonds. The van der Waals surface area contributed by atoms with Gasteiger partial charge in [-0.15, -0.1) is 0 Å². The van der Waals surface area contributed by atoms with Crippen molar-refractivity contribution in [3.05, 3.63) is 23.5 Å². The lowest BCUT2D eigenvalue weighted by atomic mass is 9.99. The van der Waals surface area contributed by atoms with E-state index < -0.39 is 11.9 Å². The summed E-state index contributed by atoms with van der Waals surface area (Å²) in [6.07, 6.45) is 1.69. The number of hydrogen-bond acceptors (Lipinski definition) is 4. The molecule has 1 aromatic carbocycles. The van der Waals surface area contributed by atoms with Crippen LogP contribution in [0.4, 0.5) is 4.39 Å². The summed E-state index contributed by atoms with van der Waals surface area (Å²) >= 11 is 0. The van der Waals surface area contributed by atoms with Crippen LogP contribution < -0.4 is 15.2 Å². The van der Waals surface area contributed by atoms with Gasteiger partial charge in [-0.3, -0.25) is 0 Å². The van der Waals surface area contributed by atoms with E-state index in [1.807, 2.05) is 0 Å². The maximum absolute atomic E-state index is 14.0. The van der Waals surface area contributed by atoms with Gasteiger partial charge in [-0.05, 0) is 18.9 Å². The van der Waals surface area contributed by atoms with Crippen LogP contribution in [0.15, 0.2) is 12.1 Å². The van der Waals surface area contributed by atoms with E-state index >= 15 is 0 Å². The molecule has 0 aromatic heterocycles. The van der Waals surface area contributed by atoms with E-state index in [0.717, 1.165) is 12.8 Å². The first-order valence-electron chi connectivity index (χ1n) is 5.96. The molecule has 0 spiro atoms. The van der Waals surface area contributed by atoms with Crippen LogP contribution in [0.5, 0.6) is 11.5 Å². The molecule has 0 aliphatic carbocycles. The number of ether oxygens (including phenoxy) is 3. The van der Waals surface area contributed by atoms with Crippen molar-refractivity contribution in [1.82, 2.24) is 0 Å². The highest BCUT2D eigenvalue weighted by Crippen LogP contribution is 2.34. The van der Waals surface area contributed by atoms with Gasteiger partial charge in [-0.1, -0.05) is 0 Å². The van der Waals surface area contributed by atoms with Gasteiger partial charge in [0.05, 0.1) is 26.4 Å². The Labute approximate surface area is 106 Å². The molecule has 100 valence electrons. The van der Waals surface area contributed by atoms with Gasteiger partial charge in [0, 0.05) is 18.2 Å². The van der Waals surface area contributed by atoms with Crippen LogP contribution in [0.2, 0.25) is 0 Å². The van der Waals surface area contributed by atoms with Crippen LogP contribution in [-0.4, -0.2) is 26.9 Å². The van der Waals surface area contributed by atoms with Gasteiger partial charge >= 0.3 is 0 Å². The van der Waals surface area contributed by atoms with Crippen molar-refractivity contribution in [2.75, 3.05) is 20.8 Å². The predicted molar refractivity (Wildman–Crippen MR) is 65.4 cm³/mol. The SMILES string of the molecule is COc1cc(F)c(C(N)C2CCCO2)cc1OC. The molecule has 2 unspecified atom stereocenters. The second kappa shape index (κ2) is 5.54. The van der Waals surface area contributed by atoms with Crippen molar-refractivity contribution < 1.29 is 18.6 Å². The molecule has 2 rings (SSSR count). The summed E-state index contributed by atoms with van der Waals surface area (Å²) in [4.78, 5) is 0. The predicted octanol–water partition coefficient (Wildman–Crippen LogP) is 2.02. The average Bonchev–Trinajstić information content (AvgIpc) is 2.91. The highest BCUT2D eigenvalue weighted by atomic mass is 19.1. The summed E-state index contributed by atoms with van der Waals surface area (Å²) in [6, 6.07) is 2.40. The van der Waals surface area contributed by atoms with E-state index in [4.69, 9.17) is 19.9 Å². The van der Waals surface area contributed by atoms with E-state index in [-0.39, 0.29) is 6.10 Å². The number of benzene rings is 1. The lowest BCUT2D eigenvalue weighted by Crippen LogP contribution is -2.26. The minimum absolute atomic E-state index is 0.127. The van der Waals surface area contributed by atoms with Crippen LogP contribution >= 0.6 is 0 Å². The van der Waals surface area contributed by atoms with E-state index in [9.17, 15) is 4.39 Å². The Kier molecular flexibility index (Phi) is 4.04. The largest absolute Gasteiger partial charge is 0.493 e. The van der Waals surface area contributed by atoms with Gasteiger partial charge in [-0.25, -0.2) is 4.39 Å². The van der Waals surface area contributed by atoms with Crippen molar-refractivity contribution in [3.63, 3.8) is 0 Å².